The smallest absolute Gasteiger partial charge is 0.335 e. The largest absolute Gasteiger partial charge is 0.618 e. The molecule has 0 aliphatic carbocycles. The Bertz CT molecular complexity index is 730. The quantitative estimate of drug-likeness (QED) is 0.398. The summed E-state index contributed by atoms with van der Waals surface area (Å²) in [6.45, 7) is 0. The van der Waals surface area contributed by atoms with Crippen molar-refractivity contribution in [2.45, 2.75) is 0 Å². The van der Waals surface area contributed by atoms with E-state index >= 15 is 0 Å². The van der Waals surface area contributed by atoms with Crippen molar-refractivity contribution in [3.05, 3.63) is 70.9 Å². The van der Waals surface area contributed by atoms with E-state index in [1.807, 2.05) is 49.3 Å². The van der Waals surface area contributed by atoms with E-state index in [1.54, 1.807) is 6.08 Å². The molecule has 0 fully saturated rings. The van der Waals surface area contributed by atoms with Gasteiger partial charge in [0.15, 0.2) is 6.21 Å². The van der Waals surface area contributed by atoms with Gasteiger partial charge in [-0.05, 0) is 35.9 Å². The molecule has 0 amide bonds. The number of aromatic carboxylic acids is 1. The lowest BCUT2D eigenvalue weighted by Crippen LogP contribution is -2.07. The molecule has 2 aromatic rings. The summed E-state index contributed by atoms with van der Waals surface area (Å²) in [6, 6.07) is 13.7. The highest BCUT2D eigenvalue weighted by Crippen LogP contribution is 2.14. The molecule has 23 heavy (non-hydrogen) atoms. The number of anilines is 1. The monoisotopic (exact) mass is 310 g/mol. The lowest BCUT2D eigenvalue weighted by Gasteiger charge is -2.11. The minimum atomic E-state index is -1.01. The summed E-state index contributed by atoms with van der Waals surface area (Å²) in [5.41, 5.74) is 2.62. The first-order valence-electron chi connectivity index (χ1n) is 7.06. The van der Waals surface area contributed by atoms with Crippen molar-refractivity contribution in [3.63, 3.8) is 0 Å². The Morgan fingerprint density at radius 3 is 2.22 bits per heavy atom. The van der Waals surface area contributed by atoms with E-state index in [2.05, 4.69) is 0 Å². The van der Waals surface area contributed by atoms with Crippen LogP contribution in [0.2, 0.25) is 0 Å². The van der Waals surface area contributed by atoms with Gasteiger partial charge in [-0.15, -0.1) is 0 Å². The Morgan fingerprint density at radius 1 is 1.09 bits per heavy atom. The fourth-order valence-electron chi connectivity index (χ4n) is 1.95. The van der Waals surface area contributed by atoms with Gasteiger partial charge < -0.3 is 15.2 Å². The average molecular weight is 310 g/mol. The molecule has 2 aromatic carbocycles. The maximum atomic E-state index is 11.9. The Kier molecular flexibility index (Phi) is 5.15. The number of hydrogen-bond donors (Lipinski definition) is 1. The molecule has 0 saturated heterocycles. The van der Waals surface area contributed by atoms with Crippen LogP contribution >= 0.6 is 0 Å². The zero-order valence-electron chi connectivity index (χ0n) is 13.0. The molecule has 0 bridgehead atoms. The Morgan fingerprint density at radius 2 is 1.70 bits per heavy atom. The van der Waals surface area contributed by atoms with Crippen molar-refractivity contribution >= 4 is 29.6 Å². The number of nitrogens with zero attached hydrogens (tertiary/aromatic N) is 2. The van der Waals surface area contributed by atoms with Gasteiger partial charge in [-0.25, -0.2) is 4.79 Å². The van der Waals surface area contributed by atoms with Gasteiger partial charge in [0, 0.05) is 38.0 Å². The van der Waals surface area contributed by atoms with Gasteiger partial charge in [0.25, 0.3) is 0 Å². The molecule has 0 aliphatic rings. The van der Waals surface area contributed by atoms with Gasteiger partial charge in [0.1, 0.15) is 0 Å². The molecule has 5 nitrogen and oxygen atoms in total. The number of benzene rings is 2. The highest BCUT2D eigenvalue weighted by molar-refractivity contribution is 5.87. The van der Waals surface area contributed by atoms with Crippen molar-refractivity contribution in [1.82, 2.24) is 0 Å². The van der Waals surface area contributed by atoms with E-state index in [4.69, 9.17) is 5.11 Å². The molecule has 0 unspecified atom stereocenters. The third kappa shape index (κ3) is 4.44. The fourth-order valence-corrected chi connectivity index (χ4v) is 1.95. The maximum Gasteiger partial charge on any atom is 0.335 e. The molecule has 118 valence electrons. The molecule has 0 heterocycles. The van der Waals surface area contributed by atoms with Crippen LogP contribution in [0.5, 0.6) is 0 Å². The molecule has 5 heteroatoms. The molecule has 0 aromatic heterocycles. The second kappa shape index (κ2) is 7.26. The number of carbonyl (C=O) groups is 1. The lowest BCUT2D eigenvalue weighted by molar-refractivity contribution is -0.354. The number of carboxylic acid groups (broad SMARTS) is 1. The third-order valence-corrected chi connectivity index (χ3v) is 3.29. The number of allylic oxidation sites excluding steroid dienone is 1. The first-order valence-corrected chi connectivity index (χ1v) is 7.06. The number of carboxylic acids is 1. The van der Waals surface area contributed by atoms with Crippen molar-refractivity contribution in [2.75, 3.05) is 19.0 Å². The van der Waals surface area contributed by atoms with Gasteiger partial charge in [0.05, 0.1) is 5.56 Å². The van der Waals surface area contributed by atoms with Crippen LogP contribution in [0.15, 0.2) is 54.6 Å². The molecule has 2 rings (SSSR count). The first-order chi connectivity index (χ1) is 11.0. The second-order valence-corrected chi connectivity index (χ2v) is 5.17. The Balaban J connectivity index is 2.07. The molecule has 0 saturated carbocycles. The summed E-state index contributed by atoms with van der Waals surface area (Å²) in [4.78, 5) is 12.8. The summed E-state index contributed by atoms with van der Waals surface area (Å²) in [5, 5.41) is 20.7. The van der Waals surface area contributed by atoms with E-state index in [-0.39, 0.29) is 5.56 Å². The van der Waals surface area contributed by atoms with Crippen LogP contribution < -0.4 is 4.90 Å². The van der Waals surface area contributed by atoms with Gasteiger partial charge in [-0.2, -0.15) is 4.74 Å². The SMILES string of the molecule is CN(C)c1ccc(C=CC=[N+]([O-])c2ccc(C(=O)O)cc2)cc1. The standard InChI is InChI=1S/C18H18N2O3/c1-19(2)16-9-5-14(6-10-16)4-3-13-20(23)17-11-7-15(8-12-17)18(21)22/h3-13H,1-2H3,(H,21,22). The predicted molar refractivity (Wildman–Crippen MR) is 92.6 cm³/mol. The minimum absolute atomic E-state index is 0.152. The summed E-state index contributed by atoms with van der Waals surface area (Å²) in [6.07, 6.45) is 4.87. The maximum absolute atomic E-state index is 11.9. The van der Waals surface area contributed by atoms with Crippen molar-refractivity contribution < 1.29 is 14.6 Å². The number of rotatable bonds is 5. The zero-order valence-corrected chi connectivity index (χ0v) is 13.0. The molecule has 0 radical (unpaired) electrons. The van der Waals surface area contributed by atoms with Gasteiger partial charge in [0.2, 0.25) is 5.69 Å². The Labute approximate surface area is 135 Å². The molecule has 0 spiro atoms. The fraction of sp³-hybridized carbons (Fsp3) is 0.111. The molecular formula is C18H18N2O3. The van der Waals surface area contributed by atoms with Crippen LogP contribution in [-0.4, -0.2) is 36.1 Å². The van der Waals surface area contributed by atoms with Crippen LogP contribution in [-0.2, 0) is 0 Å². The van der Waals surface area contributed by atoms with Gasteiger partial charge in [-0.3, -0.25) is 0 Å². The van der Waals surface area contributed by atoms with E-state index in [0.29, 0.717) is 10.4 Å². The minimum Gasteiger partial charge on any atom is -0.618 e. The highest BCUT2D eigenvalue weighted by Gasteiger charge is 2.04. The molecule has 0 atom stereocenters. The van der Waals surface area contributed by atoms with Crippen LogP contribution in [0.25, 0.3) is 6.08 Å². The average Bonchev–Trinajstić information content (AvgIpc) is 2.55. The van der Waals surface area contributed by atoms with E-state index in [9.17, 15) is 10.0 Å². The van der Waals surface area contributed by atoms with E-state index in [0.717, 1.165) is 11.3 Å². The third-order valence-electron chi connectivity index (χ3n) is 3.29. The van der Waals surface area contributed by atoms with Crippen LogP contribution in [0, 0.1) is 5.21 Å². The first kappa shape index (κ1) is 16.3. The van der Waals surface area contributed by atoms with Crippen molar-refractivity contribution in [1.29, 1.82) is 0 Å². The Hall–Kier alpha value is -3.08. The number of hydrogen-bond acceptors (Lipinski definition) is 3. The normalized spacial score (nSPS) is 11.7. The summed E-state index contributed by atoms with van der Waals surface area (Å²) in [7, 11) is 3.95. The molecular weight excluding hydrogens is 292 g/mol. The summed E-state index contributed by atoms with van der Waals surface area (Å²) in [5.74, 6) is -1.01. The topological polar surface area (TPSA) is 66.6 Å². The van der Waals surface area contributed by atoms with Crippen molar-refractivity contribution in [2.24, 2.45) is 0 Å². The van der Waals surface area contributed by atoms with Crippen LogP contribution in [0.4, 0.5) is 11.4 Å². The zero-order chi connectivity index (χ0) is 16.8. The summed E-state index contributed by atoms with van der Waals surface area (Å²) >= 11 is 0. The second-order valence-electron chi connectivity index (χ2n) is 5.17. The van der Waals surface area contributed by atoms with Crippen molar-refractivity contribution in [3.8, 4) is 0 Å². The van der Waals surface area contributed by atoms with Crippen LogP contribution in [0.1, 0.15) is 15.9 Å². The van der Waals surface area contributed by atoms with E-state index < -0.39 is 5.97 Å². The lowest BCUT2D eigenvalue weighted by atomic mass is 10.2. The van der Waals surface area contributed by atoms with E-state index in [1.165, 1.54) is 30.5 Å². The highest BCUT2D eigenvalue weighted by atomic mass is 16.5. The van der Waals surface area contributed by atoms with Gasteiger partial charge in [-0.1, -0.05) is 12.1 Å². The predicted octanol–water partition coefficient (Wildman–Crippen LogP) is 3.38. The van der Waals surface area contributed by atoms with Crippen LogP contribution in [0.3, 0.4) is 0 Å². The molecule has 0 aliphatic heterocycles. The summed E-state index contributed by atoms with van der Waals surface area (Å²) < 4.78 is 0.691. The molecule has 1 N–H and O–H groups in total. The van der Waals surface area contributed by atoms with Gasteiger partial charge >= 0.3 is 5.97 Å².